The molecule has 0 nitrogen and oxygen atoms in total. The molecule has 4 heteroatoms. The zero-order chi connectivity index (χ0) is 16.1. The molecule has 0 heterocycles. The number of halogens is 4. The van der Waals surface area contributed by atoms with E-state index in [-0.39, 0.29) is 5.92 Å². The molecule has 0 saturated carbocycles. The predicted molar refractivity (Wildman–Crippen MR) is 80.8 cm³/mol. The molecule has 2 rings (SSSR count). The number of rotatable bonds is 4. The molecule has 0 unspecified atom stereocenters. The maximum Gasteiger partial charge on any atom is 0.270 e. The van der Waals surface area contributed by atoms with Crippen LogP contribution in [-0.2, 0) is 0 Å². The first kappa shape index (κ1) is 16.0. The van der Waals surface area contributed by atoms with E-state index in [0.29, 0.717) is 11.1 Å². The Labute approximate surface area is 126 Å². The number of hydrogen-bond donors (Lipinski definition) is 0. The van der Waals surface area contributed by atoms with Gasteiger partial charge in [0, 0.05) is 18.1 Å². The summed E-state index contributed by atoms with van der Waals surface area (Å²) in [4.78, 5) is 0. The van der Waals surface area contributed by atoms with Crippen molar-refractivity contribution in [2.24, 2.45) is 0 Å². The summed E-state index contributed by atoms with van der Waals surface area (Å²) >= 11 is 0. The van der Waals surface area contributed by atoms with Crippen molar-refractivity contribution in [2.75, 3.05) is 0 Å². The summed E-state index contributed by atoms with van der Waals surface area (Å²) in [5.74, 6) is 0.0431. The highest BCUT2D eigenvalue weighted by atomic mass is 19.3. The largest absolute Gasteiger partial charge is 0.270 e. The van der Waals surface area contributed by atoms with E-state index in [1.165, 1.54) is 0 Å². The van der Waals surface area contributed by atoms with Crippen LogP contribution >= 0.6 is 0 Å². The molecule has 0 atom stereocenters. The molecule has 0 amide bonds. The fourth-order valence-corrected chi connectivity index (χ4v) is 2.21. The molecule has 0 aliphatic carbocycles. The van der Waals surface area contributed by atoms with Gasteiger partial charge in [-0.2, -0.15) is 17.6 Å². The van der Waals surface area contributed by atoms with Gasteiger partial charge in [0.2, 0.25) is 0 Å². The molecule has 0 spiro atoms. The fourth-order valence-electron chi connectivity index (χ4n) is 2.21. The molecule has 0 N–H and O–H groups in total. The van der Waals surface area contributed by atoms with E-state index >= 15 is 0 Å². The molecule has 114 valence electrons. The van der Waals surface area contributed by atoms with Crippen LogP contribution in [0.2, 0.25) is 0 Å². The van der Waals surface area contributed by atoms with Gasteiger partial charge < -0.3 is 0 Å². The molecule has 2 aromatic carbocycles. The highest BCUT2D eigenvalue weighted by molar-refractivity contribution is 5.52. The molecule has 0 aromatic heterocycles. The Morgan fingerprint density at radius 1 is 0.682 bits per heavy atom. The lowest BCUT2D eigenvalue weighted by molar-refractivity contribution is 0.428. The number of benzene rings is 2. The summed E-state index contributed by atoms with van der Waals surface area (Å²) in [7, 11) is 0. The van der Waals surface area contributed by atoms with Crippen molar-refractivity contribution >= 4 is 12.2 Å². The Morgan fingerprint density at radius 2 is 1.00 bits per heavy atom. The van der Waals surface area contributed by atoms with E-state index in [1.54, 1.807) is 48.5 Å². The van der Waals surface area contributed by atoms with Crippen molar-refractivity contribution in [2.45, 2.75) is 12.8 Å². The first-order valence-electron chi connectivity index (χ1n) is 6.71. The van der Waals surface area contributed by atoms with Crippen LogP contribution in [0.1, 0.15) is 35.1 Å². The summed E-state index contributed by atoms with van der Waals surface area (Å²) < 4.78 is 48.7. The van der Waals surface area contributed by atoms with Gasteiger partial charge in [0.1, 0.15) is 0 Å². The molecule has 0 bridgehead atoms. The van der Waals surface area contributed by atoms with Crippen molar-refractivity contribution in [3.05, 3.63) is 82.9 Å². The fraction of sp³-hybridized carbons (Fsp3) is 0.111. The third kappa shape index (κ3) is 4.32. The Hall–Kier alpha value is -2.36. The second-order valence-electron chi connectivity index (χ2n) is 4.92. The highest BCUT2D eigenvalue weighted by Crippen LogP contribution is 2.25. The lowest BCUT2D eigenvalue weighted by atomic mass is 9.92. The highest BCUT2D eigenvalue weighted by Gasteiger charge is 2.08. The summed E-state index contributed by atoms with van der Waals surface area (Å²) in [6.07, 6.45) is -1.85. The molecule has 2 aromatic rings. The first-order valence-corrected chi connectivity index (χ1v) is 6.71. The molecule has 0 fully saturated rings. The zero-order valence-electron chi connectivity index (χ0n) is 11.9. The molecule has 0 aliphatic heterocycles. The van der Waals surface area contributed by atoms with Crippen LogP contribution in [0, 0.1) is 0 Å². The average Bonchev–Trinajstić information content (AvgIpc) is 2.47. The van der Waals surface area contributed by atoms with Gasteiger partial charge in [-0.05, 0) is 22.3 Å². The Morgan fingerprint density at radius 3 is 1.27 bits per heavy atom. The van der Waals surface area contributed by atoms with Crippen molar-refractivity contribution in [1.29, 1.82) is 0 Å². The van der Waals surface area contributed by atoms with Crippen molar-refractivity contribution in [3.8, 4) is 0 Å². The van der Waals surface area contributed by atoms with Gasteiger partial charge in [-0.1, -0.05) is 55.5 Å². The average molecular weight is 306 g/mol. The van der Waals surface area contributed by atoms with Gasteiger partial charge in [0.05, 0.1) is 0 Å². The summed E-state index contributed by atoms with van der Waals surface area (Å²) in [6.45, 7) is 1.97. The van der Waals surface area contributed by atoms with Crippen LogP contribution < -0.4 is 0 Å². The Kier molecular flexibility index (Phi) is 5.15. The maximum absolute atomic E-state index is 12.2. The minimum atomic E-state index is -1.73. The second-order valence-corrected chi connectivity index (χ2v) is 4.92. The lowest BCUT2D eigenvalue weighted by Crippen LogP contribution is -1.96. The van der Waals surface area contributed by atoms with E-state index in [2.05, 4.69) is 0 Å². The first-order chi connectivity index (χ1) is 10.5. The Bertz CT molecular complexity index is 613. The van der Waals surface area contributed by atoms with Crippen LogP contribution in [0.15, 0.2) is 60.7 Å². The molecule has 0 radical (unpaired) electrons. The van der Waals surface area contributed by atoms with Crippen molar-refractivity contribution in [3.63, 3.8) is 0 Å². The predicted octanol–water partition coefficient (Wildman–Crippen LogP) is 6.31. The number of hydrogen-bond acceptors (Lipinski definition) is 0. The van der Waals surface area contributed by atoms with Gasteiger partial charge in [0.15, 0.2) is 0 Å². The Balaban J connectivity index is 2.19. The standard InChI is InChI=1S/C18H14F4/c1-12(15-6-2-13(3-7-15)10-17(19)20)16-8-4-14(5-9-16)11-18(21)22/h2-12H,1H3. The van der Waals surface area contributed by atoms with Crippen LogP contribution in [0.25, 0.3) is 12.2 Å². The van der Waals surface area contributed by atoms with E-state index in [1.807, 2.05) is 6.92 Å². The van der Waals surface area contributed by atoms with Gasteiger partial charge in [-0.3, -0.25) is 0 Å². The molecule has 22 heavy (non-hydrogen) atoms. The quantitative estimate of drug-likeness (QED) is 0.580. The summed E-state index contributed by atoms with van der Waals surface area (Å²) in [5, 5.41) is 0. The molecule has 0 aliphatic rings. The van der Waals surface area contributed by atoms with Crippen LogP contribution in [-0.4, -0.2) is 0 Å². The van der Waals surface area contributed by atoms with Gasteiger partial charge in [-0.25, -0.2) is 0 Å². The normalized spacial score (nSPS) is 10.5. The van der Waals surface area contributed by atoms with E-state index < -0.39 is 12.2 Å². The monoisotopic (exact) mass is 306 g/mol. The summed E-state index contributed by atoms with van der Waals surface area (Å²) in [6, 6.07) is 13.6. The smallest absolute Gasteiger partial charge is 0.173 e. The third-order valence-corrected chi connectivity index (χ3v) is 3.42. The second kappa shape index (κ2) is 7.07. The van der Waals surface area contributed by atoms with Crippen molar-refractivity contribution < 1.29 is 17.6 Å². The van der Waals surface area contributed by atoms with Crippen LogP contribution in [0.3, 0.4) is 0 Å². The van der Waals surface area contributed by atoms with Gasteiger partial charge in [-0.15, -0.1) is 0 Å². The van der Waals surface area contributed by atoms with Crippen LogP contribution in [0.4, 0.5) is 17.6 Å². The lowest BCUT2D eigenvalue weighted by Gasteiger charge is -2.13. The van der Waals surface area contributed by atoms with Crippen molar-refractivity contribution in [1.82, 2.24) is 0 Å². The molecule has 0 saturated heterocycles. The van der Waals surface area contributed by atoms with Crippen LogP contribution in [0.5, 0.6) is 0 Å². The van der Waals surface area contributed by atoms with E-state index in [9.17, 15) is 17.6 Å². The summed E-state index contributed by atoms with van der Waals surface area (Å²) in [5.41, 5.74) is 2.82. The molecular weight excluding hydrogens is 292 g/mol. The van der Waals surface area contributed by atoms with E-state index in [4.69, 9.17) is 0 Å². The van der Waals surface area contributed by atoms with E-state index in [0.717, 1.165) is 23.3 Å². The SMILES string of the molecule is CC(c1ccc(C=C(F)F)cc1)c1ccc(C=C(F)F)cc1. The third-order valence-electron chi connectivity index (χ3n) is 3.42. The molecular formula is C18H14F4. The zero-order valence-corrected chi connectivity index (χ0v) is 11.9. The van der Waals surface area contributed by atoms with Gasteiger partial charge >= 0.3 is 0 Å². The topological polar surface area (TPSA) is 0 Å². The minimum Gasteiger partial charge on any atom is -0.173 e. The van der Waals surface area contributed by atoms with Gasteiger partial charge in [0.25, 0.3) is 12.2 Å². The minimum absolute atomic E-state index is 0.0431. The maximum atomic E-state index is 12.2.